The van der Waals surface area contributed by atoms with Crippen molar-refractivity contribution in [1.29, 1.82) is 0 Å². The Hall–Kier alpha value is -1.88. The number of aromatic nitrogens is 2. The first-order valence-corrected chi connectivity index (χ1v) is 7.14. The smallest absolute Gasteiger partial charge is 0.228 e. The van der Waals surface area contributed by atoms with E-state index in [9.17, 15) is 0 Å². The van der Waals surface area contributed by atoms with Gasteiger partial charge in [0.05, 0.1) is 6.61 Å². The Labute approximate surface area is 118 Å². The fourth-order valence-electron chi connectivity index (χ4n) is 2.04. The van der Waals surface area contributed by atoms with Crippen LogP contribution < -0.4 is 10.1 Å². The molecule has 0 amide bonds. The van der Waals surface area contributed by atoms with Crippen LogP contribution in [0, 0.1) is 0 Å². The minimum absolute atomic E-state index is 0.618. The van der Waals surface area contributed by atoms with E-state index in [1.54, 1.807) is 0 Å². The van der Waals surface area contributed by atoms with Gasteiger partial charge in [0.15, 0.2) is 0 Å². The Morgan fingerprint density at radius 1 is 1.40 bits per heavy atom. The maximum atomic E-state index is 5.48. The number of hydrogen-bond acceptors (Lipinski definition) is 5. The van der Waals surface area contributed by atoms with E-state index < -0.39 is 0 Å². The molecule has 0 saturated heterocycles. The highest BCUT2D eigenvalue weighted by atomic mass is 16.5. The van der Waals surface area contributed by atoms with Gasteiger partial charge in [-0.25, -0.2) is 0 Å². The summed E-state index contributed by atoms with van der Waals surface area (Å²) in [6, 6.07) is 8.46. The highest BCUT2D eigenvalue weighted by molar-refractivity contribution is 5.56. The zero-order valence-electron chi connectivity index (χ0n) is 11.6. The molecular weight excluding hydrogens is 254 g/mol. The predicted octanol–water partition coefficient (Wildman–Crippen LogP) is 2.43. The number of hydrogen-bond donors (Lipinski definition) is 1. The SMILES string of the molecule is CCOc1cccc(-c2noc(CCNC3CC3)n2)c1. The molecule has 1 heterocycles. The molecular formula is C15H19N3O2. The molecule has 1 aliphatic rings. The zero-order chi connectivity index (χ0) is 13.8. The van der Waals surface area contributed by atoms with Crippen LogP contribution >= 0.6 is 0 Å². The summed E-state index contributed by atoms with van der Waals surface area (Å²) in [7, 11) is 0. The number of rotatable bonds is 7. The quantitative estimate of drug-likeness (QED) is 0.839. The van der Waals surface area contributed by atoms with E-state index in [1.165, 1.54) is 12.8 Å². The first-order valence-electron chi connectivity index (χ1n) is 7.14. The molecule has 0 spiro atoms. The largest absolute Gasteiger partial charge is 0.494 e. The first-order chi connectivity index (χ1) is 9.85. The van der Waals surface area contributed by atoms with Crippen molar-refractivity contribution >= 4 is 0 Å². The van der Waals surface area contributed by atoms with Gasteiger partial charge in [0, 0.05) is 24.6 Å². The summed E-state index contributed by atoms with van der Waals surface area (Å²) in [4.78, 5) is 4.43. The van der Waals surface area contributed by atoms with Crippen LogP contribution in [0.25, 0.3) is 11.4 Å². The summed E-state index contributed by atoms with van der Waals surface area (Å²) in [6.07, 6.45) is 3.35. The second-order valence-electron chi connectivity index (χ2n) is 4.95. The van der Waals surface area contributed by atoms with Crippen molar-refractivity contribution in [2.75, 3.05) is 13.2 Å². The highest BCUT2D eigenvalue weighted by Gasteiger charge is 2.20. The second kappa shape index (κ2) is 6.05. The summed E-state index contributed by atoms with van der Waals surface area (Å²) >= 11 is 0. The van der Waals surface area contributed by atoms with Crippen LogP contribution in [-0.2, 0) is 6.42 Å². The van der Waals surface area contributed by atoms with Crippen molar-refractivity contribution < 1.29 is 9.26 Å². The van der Waals surface area contributed by atoms with Gasteiger partial charge in [-0.3, -0.25) is 0 Å². The van der Waals surface area contributed by atoms with E-state index in [4.69, 9.17) is 9.26 Å². The van der Waals surface area contributed by atoms with E-state index in [0.29, 0.717) is 24.4 Å². The van der Waals surface area contributed by atoms with Gasteiger partial charge < -0.3 is 14.6 Å². The summed E-state index contributed by atoms with van der Waals surface area (Å²) in [5, 5.41) is 7.46. The van der Waals surface area contributed by atoms with Crippen molar-refractivity contribution in [2.45, 2.75) is 32.2 Å². The number of ether oxygens (including phenoxy) is 1. The van der Waals surface area contributed by atoms with E-state index in [1.807, 2.05) is 31.2 Å². The Balaban J connectivity index is 1.63. The molecule has 20 heavy (non-hydrogen) atoms. The number of nitrogens with zero attached hydrogens (tertiary/aromatic N) is 2. The lowest BCUT2D eigenvalue weighted by Crippen LogP contribution is -2.19. The monoisotopic (exact) mass is 273 g/mol. The number of benzene rings is 1. The first kappa shape index (κ1) is 13.1. The summed E-state index contributed by atoms with van der Waals surface area (Å²) < 4.78 is 10.8. The fraction of sp³-hybridized carbons (Fsp3) is 0.467. The predicted molar refractivity (Wildman–Crippen MR) is 75.6 cm³/mol. The lowest BCUT2D eigenvalue weighted by molar-refractivity contribution is 0.340. The second-order valence-corrected chi connectivity index (χ2v) is 4.95. The van der Waals surface area contributed by atoms with Gasteiger partial charge in [0.1, 0.15) is 5.75 Å². The molecule has 3 rings (SSSR count). The van der Waals surface area contributed by atoms with E-state index in [0.717, 1.165) is 24.3 Å². The van der Waals surface area contributed by atoms with Gasteiger partial charge in [0.25, 0.3) is 0 Å². The summed E-state index contributed by atoms with van der Waals surface area (Å²) in [5.74, 6) is 2.12. The minimum atomic E-state index is 0.618. The van der Waals surface area contributed by atoms with Gasteiger partial charge in [0.2, 0.25) is 11.7 Å². The van der Waals surface area contributed by atoms with Crippen molar-refractivity contribution in [1.82, 2.24) is 15.5 Å². The average Bonchev–Trinajstić information content (AvgIpc) is 3.16. The van der Waals surface area contributed by atoms with E-state index in [-0.39, 0.29) is 0 Å². The van der Waals surface area contributed by atoms with E-state index >= 15 is 0 Å². The molecule has 1 N–H and O–H groups in total. The lowest BCUT2D eigenvalue weighted by Gasteiger charge is -2.03. The van der Waals surface area contributed by atoms with Crippen LogP contribution in [0.2, 0.25) is 0 Å². The molecule has 2 aromatic rings. The molecule has 106 valence electrons. The summed E-state index contributed by atoms with van der Waals surface area (Å²) in [5.41, 5.74) is 0.918. The van der Waals surface area contributed by atoms with Crippen molar-refractivity contribution in [2.24, 2.45) is 0 Å². The van der Waals surface area contributed by atoms with Crippen molar-refractivity contribution in [3.63, 3.8) is 0 Å². The molecule has 0 atom stereocenters. The normalized spacial score (nSPS) is 14.4. The standard InChI is InChI=1S/C15H19N3O2/c1-2-19-13-5-3-4-11(10-13)15-17-14(20-18-15)8-9-16-12-6-7-12/h3-5,10,12,16H,2,6-9H2,1H3. The maximum absolute atomic E-state index is 5.48. The molecule has 1 fully saturated rings. The summed E-state index contributed by atoms with van der Waals surface area (Å²) in [6.45, 7) is 3.51. The molecule has 0 unspecified atom stereocenters. The van der Waals surface area contributed by atoms with Gasteiger partial charge in [-0.2, -0.15) is 4.98 Å². The maximum Gasteiger partial charge on any atom is 0.228 e. The van der Waals surface area contributed by atoms with Crippen molar-refractivity contribution in [3.05, 3.63) is 30.2 Å². The zero-order valence-corrected chi connectivity index (χ0v) is 11.6. The van der Waals surface area contributed by atoms with Crippen LogP contribution in [0.1, 0.15) is 25.7 Å². The van der Waals surface area contributed by atoms with E-state index in [2.05, 4.69) is 15.5 Å². The lowest BCUT2D eigenvalue weighted by atomic mass is 10.2. The van der Waals surface area contributed by atoms with Gasteiger partial charge in [-0.15, -0.1) is 0 Å². The Kier molecular flexibility index (Phi) is 3.97. The van der Waals surface area contributed by atoms with Gasteiger partial charge in [-0.05, 0) is 31.9 Å². The van der Waals surface area contributed by atoms with Crippen LogP contribution in [-0.4, -0.2) is 29.3 Å². The molecule has 1 aliphatic carbocycles. The molecule has 5 heteroatoms. The third-order valence-electron chi connectivity index (χ3n) is 3.22. The average molecular weight is 273 g/mol. The minimum Gasteiger partial charge on any atom is -0.494 e. The third kappa shape index (κ3) is 3.36. The molecule has 1 aromatic carbocycles. The fourth-order valence-corrected chi connectivity index (χ4v) is 2.04. The van der Waals surface area contributed by atoms with Crippen molar-refractivity contribution in [3.8, 4) is 17.1 Å². The third-order valence-corrected chi connectivity index (χ3v) is 3.22. The molecule has 1 saturated carbocycles. The van der Waals surface area contributed by atoms with Crippen LogP contribution in [0.15, 0.2) is 28.8 Å². The molecule has 0 radical (unpaired) electrons. The topological polar surface area (TPSA) is 60.2 Å². The Morgan fingerprint density at radius 3 is 3.10 bits per heavy atom. The molecule has 5 nitrogen and oxygen atoms in total. The van der Waals surface area contributed by atoms with Crippen LogP contribution in [0.4, 0.5) is 0 Å². The molecule has 1 aromatic heterocycles. The molecule has 0 aliphatic heterocycles. The Bertz CT molecular complexity index is 564. The van der Waals surface area contributed by atoms with Gasteiger partial charge >= 0.3 is 0 Å². The highest BCUT2D eigenvalue weighted by Crippen LogP contribution is 2.22. The Morgan fingerprint density at radius 2 is 2.30 bits per heavy atom. The van der Waals surface area contributed by atoms with Crippen LogP contribution in [0.5, 0.6) is 5.75 Å². The number of nitrogens with one attached hydrogen (secondary N) is 1. The molecule has 0 bridgehead atoms. The van der Waals surface area contributed by atoms with Gasteiger partial charge in [-0.1, -0.05) is 17.3 Å². The van der Waals surface area contributed by atoms with Crippen LogP contribution in [0.3, 0.4) is 0 Å².